The van der Waals surface area contributed by atoms with Gasteiger partial charge in [-0.1, -0.05) is 31.9 Å². The highest BCUT2D eigenvalue weighted by Crippen LogP contribution is 2.36. The Labute approximate surface area is 157 Å². The molecule has 2 rings (SSSR count). The molecule has 1 atom stereocenters. The van der Waals surface area contributed by atoms with E-state index < -0.39 is 18.6 Å². The van der Waals surface area contributed by atoms with Crippen molar-refractivity contribution in [3.05, 3.63) is 32.7 Å². The summed E-state index contributed by atoms with van der Waals surface area (Å²) in [6.07, 6.45) is -5.00. The third kappa shape index (κ3) is 6.93. The van der Waals surface area contributed by atoms with Crippen molar-refractivity contribution in [3.8, 4) is 0 Å². The lowest BCUT2D eigenvalue weighted by Crippen LogP contribution is -2.46. The van der Waals surface area contributed by atoms with Gasteiger partial charge in [0.2, 0.25) is 0 Å². The number of hydrogen-bond donors (Lipinski definition) is 1. The monoisotopic (exact) mass is 486 g/mol. The Balaban J connectivity index is 0.00000220. The van der Waals surface area contributed by atoms with E-state index in [0.29, 0.717) is 18.7 Å². The second kappa shape index (κ2) is 9.69. The maximum absolute atomic E-state index is 12.9. The number of piperazine rings is 1. The average Bonchev–Trinajstić information content (AvgIpc) is 2.35. The first-order valence-corrected chi connectivity index (χ1v) is 7.91. The zero-order valence-electron chi connectivity index (χ0n) is 11.5. The van der Waals surface area contributed by atoms with Gasteiger partial charge in [-0.15, -0.1) is 24.8 Å². The summed E-state index contributed by atoms with van der Waals surface area (Å²) in [5, 5.41) is 3.17. The van der Waals surface area contributed by atoms with Gasteiger partial charge < -0.3 is 5.32 Å². The lowest BCUT2D eigenvalue weighted by Gasteiger charge is -2.35. The molecule has 9 heteroatoms. The second-order valence-corrected chi connectivity index (χ2v) is 6.66. The van der Waals surface area contributed by atoms with Crippen LogP contribution in [0.1, 0.15) is 18.0 Å². The molecule has 22 heavy (non-hydrogen) atoms. The van der Waals surface area contributed by atoms with E-state index in [1.54, 1.807) is 12.1 Å². The highest BCUT2D eigenvalue weighted by molar-refractivity contribution is 9.11. The SMILES string of the molecule is Cl.Cl.FC(F)(F)C[C@@H](c1cc(Br)cc(Br)c1)N1CCNCC1. The first-order valence-electron chi connectivity index (χ1n) is 6.33. The molecule has 128 valence electrons. The molecular weight excluding hydrogens is 472 g/mol. The molecule has 2 nitrogen and oxygen atoms in total. The van der Waals surface area contributed by atoms with E-state index in [1.807, 2.05) is 11.0 Å². The van der Waals surface area contributed by atoms with Gasteiger partial charge in [0, 0.05) is 41.2 Å². The molecule has 1 fully saturated rings. The van der Waals surface area contributed by atoms with Crippen LogP contribution in [0, 0.1) is 0 Å². The molecule has 1 aromatic carbocycles. The lowest BCUT2D eigenvalue weighted by atomic mass is 10.0. The number of benzene rings is 1. The molecule has 1 N–H and O–H groups in total. The van der Waals surface area contributed by atoms with Crippen molar-refractivity contribution in [1.82, 2.24) is 10.2 Å². The minimum absolute atomic E-state index is 0. The molecule has 0 unspecified atom stereocenters. The van der Waals surface area contributed by atoms with Crippen molar-refractivity contribution in [3.63, 3.8) is 0 Å². The summed E-state index contributed by atoms with van der Waals surface area (Å²) < 4.78 is 40.2. The fourth-order valence-electron chi connectivity index (χ4n) is 2.44. The molecule has 1 aliphatic heterocycles. The Kier molecular flexibility index (Phi) is 9.90. The summed E-state index contributed by atoms with van der Waals surface area (Å²) in [7, 11) is 0. The fraction of sp³-hybridized carbons (Fsp3) is 0.538. The molecule has 0 amide bonds. The highest BCUT2D eigenvalue weighted by atomic mass is 79.9. The van der Waals surface area contributed by atoms with Gasteiger partial charge in [0.15, 0.2) is 0 Å². The zero-order chi connectivity index (χ0) is 14.8. The van der Waals surface area contributed by atoms with Gasteiger partial charge in [-0.25, -0.2) is 0 Å². The zero-order valence-corrected chi connectivity index (χ0v) is 16.3. The summed E-state index contributed by atoms with van der Waals surface area (Å²) in [4.78, 5) is 1.90. The first kappa shape index (κ1) is 22.5. The van der Waals surface area contributed by atoms with Crippen molar-refractivity contribution >= 4 is 56.7 Å². The van der Waals surface area contributed by atoms with E-state index in [2.05, 4.69) is 37.2 Å². The van der Waals surface area contributed by atoms with Gasteiger partial charge in [0.1, 0.15) is 0 Å². The standard InChI is InChI=1S/C13H15Br2F3N2.2ClH/c14-10-5-9(6-11(15)7-10)12(8-13(16,17)18)20-3-1-19-2-4-20;;/h5-7,12,19H,1-4,8H2;2*1H/t12-;;/m0../s1. The van der Waals surface area contributed by atoms with Crippen LogP contribution in [-0.2, 0) is 0 Å². The van der Waals surface area contributed by atoms with Crippen LogP contribution in [0.2, 0.25) is 0 Å². The van der Waals surface area contributed by atoms with Gasteiger partial charge >= 0.3 is 6.18 Å². The summed E-state index contributed by atoms with van der Waals surface area (Å²) in [5.41, 5.74) is 0.686. The summed E-state index contributed by atoms with van der Waals surface area (Å²) in [6.45, 7) is 2.71. The molecule has 1 aliphatic rings. The first-order chi connectivity index (χ1) is 9.35. The quantitative estimate of drug-likeness (QED) is 0.647. The van der Waals surface area contributed by atoms with Crippen molar-refractivity contribution in [2.24, 2.45) is 0 Å². The Morgan fingerprint density at radius 2 is 1.55 bits per heavy atom. The van der Waals surface area contributed by atoms with Crippen molar-refractivity contribution in [1.29, 1.82) is 0 Å². The Morgan fingerprint density at radius 3 is 2.00 bits per heavy atom. The topological polar surface area (TPSA) is 15.3 Å². The number of alkyl halides is 3. The van der Waals surface area contributed by atoms with E-state index in [9.17, 15) is 13.2 Å². The van der Waals surface area contributed by atoms with E-state index >= 15 is 0 Å². The van der Waals surface area contributed by atoms with Gasteiger partial charge in [-0.05, 0) is 23.8 Å². The van der Waals surface area contributed by atoms with Crippen LogP contribution >= 0.6 is 56.7 Å². The molecule has 0 saturated carbocycles. The van der Waals surface area contributed by atoms with E-state index in [4.69, 9.17) is 0 Å². The third-order valence-corrected chi connectivity index (χ3v) is 4.20. The third-order valence-electron chi connectivity index (χ3n) is 3.29. The van der Waals surface area contributed by atoms with Gasteiger partial charge in [-0.2, -0.15) is 13.2 Å². The van der Waals surface area contributed by atoms with Crippen LogP contribution in [0.25, 0.3) is 0 Å². The fourth-order valence-corrected chi connectivity index (χ4v) is 3.77. The molecule has 0 spiro atoms. The number of hydrogen-bond acceptors (Lipinski definition) is 2. The number of rotatable bonds is 3. The van der Waals surface area contributed by atoms with Crippen molar-refractivity contribution < 1.29 is 13.2 Å². The summed E-state index contributed by atoms with van der Waals surface area (Å²) in [5.74, 6) is 0. The number of nitrogens with one attached hydrogen (secondary N) is 1. The Bertz CT molecular complexity index is 449. The molecule has 1 saturated heterocycles. The smallest absolute Gasteiger partial charge is 0.314 e. The second-order valence-electron chi connectivity index (χ2n) is 4.82. The van der Waals surface area contributed by atoms with Gasteiger partial charge in [0.25, 0.3) is 0 Å². The molecule has 1 heterocycles. The van der Waals surface area contributed by atoms with Crippen LogP contribution in [0.5, 0.6) is 0 Å². The Hall–Kier alpha value is 0.470. The van der Waals surface area contributed by atoms with Crippen molar-refractivity contribution in [2.45, 2.75) is 18.6 Å². The minimum Gasteiger partial charge on any atom is -0.314 e. The van der Waals surface area contributed by atoms with E-state index in [1.165, 1.54) is 0 Å². The molecule has 0 radical (unpaired) electrons. The minimum atomic E-state index is -4.18. The normalized spacial score (nSPS) is 17.3. The largest absolute Gasteiger partial charge is 0.390 e. The summed E-state index contributed by atoms with van der Waals surface area (Å²) in [6, 6.07) is 4.73. The lowest BCUT2D eigenvalue weighted by molar-refractivity contribution is -0.148. The number of halogens is 7. The van der Waals surface area contributed by atoms with Gasteiger partial charge in [-0.3, -0.25) is 4.90 Å². The summed E-state index contributed by atoms with van der Waals surface area (Å²) >= 11 is 6.69. The number of nitrogens with zero attached hydrogens (tertiary/aromatic N) is 1. The molecular formula is C13H17Br2Cl2F3N2. The Morgan fingerprint density at radius 1 is 1.05 bits per heavy atom. The highest BCUT2D eigenvalue weighted by Gasteiger charge is 2.36. The molecule has 0 bridgehead atoms. The van der Waals surface area contributed by atoms with E-state index in [0.717, 1.165) is 22.0 Å². The van der Waals surface area contributed by atoms with E-state index in [-0.39, 0.29) is 24.8 Å². The van der Waals surface area contributed by atoms with Crippen LogP contribution in [0.4, 0.5) is 13.2 Å². The predicted octanol–water partition coefficient (Wildman–Crippen LogP) is 4.95. The predicted molar refractivity (Wildman–Crippen MR) is 94.2 cm³/mol. The maximum Gasteiger partial charge on any atom is 0.390 e. The van der Waals surface area contributed by atoms with Gasteiger partial charge in [0.05, 0.1) is 6.42 Å². The van der Waals surface area contributed by atoms with Crippen LogP contribution < -0.4 is 5.32 Å². The maximum atomic E-state index is 12.9. The molecule has 0 aliphatic carbocycles. The molecule has 1 aromatic rings. The molecule has 0 aromatic heterocycles. The average molecular weight is 489 g/mol. The van der Waals surface area contributed by atoms with Crippen LogP contribution in [0.3, 0.4) is 0 Å². The van der Waals surface area contributed by atoms with Crippen molar-refractivity contribution in [2.75, 3.05) is 26.2 Å². The van der Waals surface area contributed by atoms with Crippen LogP contribution in [-0.4, -0.2) is 37.3 Å². The van der Waals surface area contributed by atoms with Crippen LogP contribution in [0.15, 0.2) is 27.1 Å².